The highest BCUT2D eigenvalue weighted by molar-refractivity contribution is 6.11. The number of hydrogen-bond donors (Lipinski definition) is 1. The molecule has 7 heteroatoms. The van der Waals surface area contributed by atoms with Gasteiger partial charge in [-0.2, -0.15) is 0 Å². The van der Waals surface area contributed by atoms with Gasteiger partial charge in [0, 0.05) is 60.6 Å². The Morgan fingerprint density at radius 3 is 2.61 bits per heavy atom. The zero-order valence-electron chi connectivity index (χ0n) is 20.4. The predicted molar refractivity (Wildman–Crippen MR) is 129 cm³/mol. The Kier molecular flexibility index (Phi) is 6.27. The van der Waals surface area contributed by atoms with Crippen molar-refractivity contribution in [3.05, 3.63) is 47.9 Å². The van der Waals surface area contributed by atoms with Crippen molar-refractivity contribution < 1.29 is 14.3 Å². The summed E-state index contributed by atoms with van der Waals surface area (Å²) in [5, 5.41) is 1.05. The molecule has 0 saturated carbocycles. The molecule has 7 nitrogen and oxygen atoms in total. The van der Waals surface area contributed by atoms with Gasteiger partial charge in [-0.15, -0.1) is 0 Å². The van der Waals surface area contributed by atoms with Crippen molar-refractivity contribution in [2.45, 2.75) is 46.7 Å². The van der Waals surface area contributed by atoms with Crippen LogP contribution in [0.2, 0.25) is 0 Å². The number of rotatable bonds is 6. The fourth-order valence-corrected chi connectivity index (χ4v) is 5.11. The van der Waals surface area contributed by atoms with Gasteiger partial charge < -0.3 is 24.8 Å². The quantitative estimate of drug-likeness (QED) is 0.676. The molecule has 178 valence electrons. The number of nitrogens with two attached hydrogens (primary N) is 1. The van der Waals surface area contributed by atoms with Gasteiger partial charge in [0.15, 0.2) is 12.5 Å². The highest BCUT2D eigenvalue weighted by Crippen LogP contribution is 2.35. The summed E-state index contributed by atoms with van der Waals surface area (Å²) < 4.78 is 7.76. The van der Waals surface area contributed by atoms with Gasteiger partial charge in [0.1, 0.15) is 6.17 Å². The van der Waals surface area contributed by atoms with Crippen molar-refractivity contribution in [3.63, 3.8) is 0 Å². The lowest BCUT2D eigenvalue weighted by Gasteiger charge is -2.33. The summed E-state index contributed by atoms with van der Waals surface area (Å²) >= 11 is 0. The number of aromatic nitrogens is 1. The van der Waals surface area contributed by atoms with Gasteiger partial charge in [-0.25, -0.2) is 0 Å². The molecule has 0 bridgehead atoms. The third-order valence-corrected chi connectivity index (χ3v) is 7.34. The van der Waals surface area contributed by atoms with Crippen LogP contribution >= 0.6 is 0 Å². The molecule has 4 rings (SSSR count). The molecule has 3 atom stereocenters. The number of benzene rings is 1. The topological polar surface area (TPSA) is 80.8 Å². The molecule has 2 N–H and O–H groups in total. The summed E-state index contributed by atoms with van der Waals surface area (Å²) in [5.41, 5.74) is 8.71. The molecule has 0 amide bonds. The van der Waals surface area contributed by atoms with E-state index < -0.39 is 0 Å². The minimum atomic E-state index is -0.342. The van der Waals surface area contributed by atoms with E-state index in [-0.39, 0.29) is 48.4 Å². The SMILES string of the molecule is CC1N(COC(=O)C(CN)C(C)(C)C)C=CN1CC1CCc2c(c3ccccc3n2C)C1=O. The lowest BCUT2D eigenvalue weighted by atomic mass is 9.81. The number of esters is 1. The maximum atomic E-state index is 13.5. The summed E-state index contributed by atoms with van der Waals surface area (Å²) in [4.78, 5) is 30.2. The van der Waals surface area contributed by atoms with Crippen molar-refractivity contribution >= 4 is 22.7 Å². The van der Waals surface area contributed by atoms with Gasteiger partial charge in [-0.05, 0) is 31.2 Å². The molecular formula is C26H36N4O3. The van der Waals surface area contributed by atoms with E-state index in [9.17, 15) is 9.59 Å². The van der Waals surface area contributed by atoms with Crippen LogP contribution in [-0.2, 0) is 23.0 Å². The number of aryl methyl sites for hydroxylation is 1. The number of hydrogen-bond acceptors (Lipinski definition) is 6. The highest BCUT2D eigenvalue weighted by Gasteiger charge is 2.36. The molecule has 2 heterocycles. The number of nitrogens with zero attached hydrogens (tertiary/aromatic N) is 3. The average molecular weight is 453 g/mol. The largest absolute Gasteiger partial charge is 0.444 e. The first-order valence-corrected chi connectivity index (χ1v) is 11.8. The lowest BCUT2D eigenvalue weighted by Crippen LogP contribution is -2.43. The van der Waals surface area contributed by atoms with E-state index in [4.69, 9.17) is 10.5 Å². The Morgan fingerprint density at radius 1 is 1.21 bits per heavy atom. The molecular weight excluding hydrogens is 416 g/mol. The third kappa shape index (κ3) is 4.26. The Labute approximate surface area is 196 Å². The number of para-hydroxylation sites is 1. The van der Waals surface area contributed by atoms with E-state index in [0.29, 0.717) is 6.54 Å². The van der Waals surface area contributed by atoms with Crippen LogP contribution in [0.15, 0.2) is 36.7 Å². The van der Waals surface area contributed by atoms with Gasteiger partial charge in [-0.3, -0.25) is 9.59 Å². The van der Waals surface area contributed by atoms with Crippen LogP contribution in [-0.4, -0.2) is 52.1 Å². The molecule has 2 aromatic rings. The molecule has 0 spiro atoms. The Bertz CT molecular complexity index is 1080. The standard InChI is InChI=1S/C26H36N4O3/c1-17-29(12-13-30(17)16-33-25(32)20(14-27)26(2,3)4)15-18-10-11-22-23(24(18)31)19-8-6-7-9-21(19)28(22)5/h6-9,12-13,17-18,20H,10-11,14-16,27H2,1-5H3. The average Bonchev–Trinajstić information content (AvgIpc) is 3.26. The van der Waals surface area contributed by atoms with Crippen molar-refractivity contribution in [1.29, 1.82) is 0 Å². The fourth-order valence-electron chi connectivity index (χ4n) is 5.11. The van der Waals surface area contributed by atoms with Crippen LogP contribution in [0, 0.1) is 17.3 Å². The molecule has 1 aromatic carbocycles. The van der Waals surface area contributed by atoms with E-state index in [2.05, 4.69) is 28.5 Å². The number of ether oxygens (including phenoxy) is 1. The second-order valence-electron chi connectivity index (χ2n) is 10.4. The van der Waals surface area contributed by atoms with E-state index in [0.717, 1.165) is 35.0 Å². The first kappa shape index (κ1) is 23.4. The maximum absolute atomic E-state index is 13.5. The molecule has 3 unspecified atom stereocenters. The molecule has 1 aliphatic heterocycles. The smallest absolute Gasteiger partial charge is 0.312 e. The molecule has 2 aliphatic rings. The van der Waals surface area contributed by atoms with Crippen LogP contribution in [0.25, 0.3) is 10.9 Å². The van der Waals surface area contributed by atoms with Crippen LogP contribution in [0.1, 0.15) is 50.2 Å². The fraction of sp³-hybridized carbons (Fsp3) is 0.538. The second-order valence-corrected chi connectivity index (χ2v) is 10.4. The zero-order chi connectivity index (χ0) is 23.9. The Hall–Kier alpha value is -2.80. The number of carbonyl (C=O) groups excluding carboxylic acids is 2. The van der Waals surface area contributed by atoms with Crippen molar-refractivity contribution in [2.24, 2.45) is 30.0 Å². The number of Topliss-reactive ketones (excluding diaryl/α,β-unsaturated/α-hetero) is 1. The van der Waals surface area contributed by atoms with Crippen molar-refractivity contribution in [1.82, 2.24) is 14.4 Å². The van der Waals surface area contributed by atoms with Gasteiger partial charge in [0.25, 0.3) is 0 Å². The number of ketones is 1. The number of carbonyl (C=O) groups is 2. The van der Waals surface area contributed by atoms with E-state index in [1.807, 2.05) is 57.3 Å². The first-order chi connectivity index (χ1) is 15.6. The van der Waals surface area contributed by atoms with E-state index in [1.165, 1.54) is 0 Å². The molecule has 0 radical (unpaired) electrons. The summed E-state index contributed by atoms with van der Waals surface area (Å²) in [6.45, 7) is 9.13. The number of fused-ring (bicyclic) bond motifs is 3. The third-order valence-electron chi connectivity index (χ3n) is 7.34. The summed E-state index contributed by atoms with van der Waals surface area (Å²) in [5.74, 6) is -0.435. The van der Waals surface area contributed by atoms with E-state index >= 15 is 0 Å². The first-order valence-electron chi connectivity index (χ1n) is 11.8. The molecule has 33 heavy (non-hydrogen) atoms. The summed E-state index contributed by atoms with van der Waals surface area (Å²) in [7, 11) is 2.05. The molecule has 0 fully saturated rings. The molecule has 1 aromatic heterocycles. The van der Waals surface area contributed by atoms with Gasteiger partial charge in [0.2, 0.25) is 0 Å². The molecule has 0 saturated heterocycles. The van der Waals surface area contributed by atoms with Gasteiger partial charge >= 0.3 is 5.97 Å². The van der Waals surface area contributed by atoms with E-state index in [1.54, 1.807) is 0 Å². The molecule has 1 aliphatic carbocycles. The van der Waals surface area contributed by atoms with Crippen LogP contribution in [0.5, 0.6) is 0 Å². The normalized spacial score (nSPS) is 21.6. The van der Waals surface area contributed by atoms with Crippen molar-refractivity contribution in [3.8, 4) is 0 Å². The van der Waals surface area contributed by atoms with Gasteiger partial charge in [0.05, 0.1) is 5.92 Å². The van der Waals surface area contributed by atoms with Gasteiger partial charge in [-0.1, -0.05) is 39.0 Å². The minimum Gasteiger partial charge on any atom is -0.444 e. The Balaban J connectivity index is 1.39. The summed E-state index contributed by atoms with van der Waals surface area (Å²) in [6, 6.07) is 8.15. The summed E-state index contributed by atoms with van der Waals surface area (Å²) in [6.07, 6.45) is 5.67. The monoisotopic (exact) mass is 452 g/mol. The Morgan fingerprint density at radius 2 is 1.91 bits per heavy atom. The lowest BCUT2D eigenvalue weighted by molar-refractivity contribution is -0.156. The zero-order valence-corrected chi connectivity index (χ0v) is 20.4. The maximum Gasteiger partial charge on any atom is 0.312 e. The van der Waals surface area contributed by atoms with Crippen LogP contribution in [0.3, 0.4) is 0 Å². The highest BCUT2D eigenvalue weighted by atomic mass is 16.5. The minimum absolute atomic E-state index is 0.00507. The second kappa shape index (κ2) is 8.86. The van der Waals surface area contributed by atoms with Crippen LogP contribution < -0.4 is 5.73 Å². The van der Waals surface area contributed by atoms with Crippen molar-refractivity contribution in [2.75, 3.05) is 19.8 Å². The van der Waals surface area contributed by atoms with Crippen LogP contribution in [0.4, 0.5) is 0 Å². The predicted octanol–water partition coefficient (Wildman–Crippen LogP) is 3.48.